The van der Waals surface area contributed by atoms with Crippen molar-refractivity contribution in [1.29, 1.82) is 0 Å². The summed E-state index contributed by atoms with van der Waals surface area (Å²) in [6.45, 7) is 4.56. The van der Waals surface area contributed by atoms with E-state index in [1.165, 1.54) is 51.4 Å². The van der Waals surface area contributed by atoms with Crippen LogP contribution >= 0.6 is 0 Å². The van der Waals surface area contributed by atoms with Crippen LogP contribution in [0.1, 0.15) is 219 Å². The fourth-order valence-electron chi connectivity index (χ4n) is 7.83. The molecule has 0 aromatic heterocycles. The minimum Gasteiger partial charge on any atom is -0.545 e. The summed E-state index contributed by atoms with van der Waals surface area (Å²) in [6, 6.07) is 0. The predicted molar refractivity (Wildman–Crippen MR) is 333 cm³/mol. The van der Waals surface area contributed by atoms with Gasteiger partial charge >= 0.3 is 11.9 Å². The molecule has 0 aliphatic carbocycles. The third kappa shape index (κ3) is 60.7. The summed E-state index contributed by atoms with van der Waals surface area (Å²) in [5, 5.41) is 11.8. The van der Waals surface area contributed by atoms with Gasteiger partial charge in [0.1, 0.15) is 13.2 Å². The lowest BCUT2D eigenvalue weighted by atomic mass is 10.1. The van der Waals surface area contributed by atoms with Crippen LogP contribution in [0.5, 0.6) is 0 Å². The number of hydrogen-bond donors (Lipinski definition) is 0. The number of esters is 2. The minimum absolute atomic E-state index is 0.136. The Balaban J connectivity index is 4.20. The van der Waals surface area contributed by atoms with Gasteiger partial charge < -0.3 is 33.3 Å². The number of likely N-dealkylation sites (N-methyl/N-ethyl adjacent to an activating group) is 1. The number of ether oxygens (including phenoxy) is 4. The number of carboxylic acids is 1. The summed E-state index contributed by atoms with van der Waals surface area (Å²) in [7, 11) is 5.90. The normalized spacial score (nSPS) is 13.8. The second-order valence-electron chi connectivity index (χ2n) is 21.3. The maximum atomic E-state index is 12.9. The van der Waals surface area contributed by atoms with Crippen LogP contribution in [-0.4, -0.2) is 82.3 Å². The van der Waals surface area contributed by atoms with Gasteiger partial charge in [-0.05, 0) is 122 Å². The van der Waals surface area contributed by atoms with Gasteiger partial charge in [0.25, 0.3) is 0 Å². The van der Waals surface area contributed by atoms with E-state index in [0.29, 0.717) is 23.9 Å². The topological polar surface area (TPSA) is 111 Å². The van der Waals surface area contributed by atoms with Crippen LogP contribution < -0.4 is 5.11 Å². The Hall–Kier alpha value is -4.83. The number of aliphatic carboxylic acids is 1. The Morgan fingerprint density at radius 1 is 0.392 bits per heavy atom. The van der Waals surface area contributed by atoms with Crippen LogP contribution in [-0.2, 0) is 33.3 Å². The fourth-order valence-corrected chi connectivity index (χ4v) is 7.83. The Morgan fingerprint density at radius 2 is 0.722 bits per heavy atom. The SMILES string of the molecule is CC/C=C\C/C=C\C/C=C\C/C=C\C/C=C\C/C=C\C/C=C\C/C=C\C/C=C\C/C=C\CCCCCCCCCCC(=O)OC(COC(=O)CCCCCCC/C=C\C/C=C\CCCCC)COC(OCC[N+](C)(C)C)C(=O)[O-]. The van der Waals surface area contributed by atoms with Crippen LogP contribution in [0.25, 0.3) is 0 Å². The number of hydrogen-bond acceptors (Lipinski definition) is 8. The number of nitrogens with zero attached hydrogens (tertiary/aromatic N) is 1. The van der Waals surface area contributed by atoms with Gasteiger partial charge in [0.05, 0.1) is 40.3 Å². The molecular formula is C70H113NO8. The van der Waals surface area contributed by atoms with Crippen LogP contribution in [0.3, 0.4) is 0 Å². The van der Waals surface area contributed by atoms with Crippen molar-refractivity contribution in [2.45, 2.75) is 232 Å². The Labute approximate surface area is 483 Å². The molecule has 0 radical (unpaired) electrons. The molecule has 79 heavy (non-hydrogen) atoms. The molecule has 0 bridgehead atoms. The lowest BCUT2D eigenvalue weighted by Crippen LogP contribution is -2.44. The standard InChI is InChI=1S/C70H113NO8/c1-6-8-10-12-14-16-18-20-22-23-24-25-26-27-28-29-30-31-32-33-34-35-36-37-38-39-40-41-42-43-44-45-47-49-51-53-55-57-59-61-68(73)79-66(65-78-70(69(74)75)76-63-62-71(3,4)5)64-77-67(72)60-58-56-54-52-50-48-46-21-19-17-15-13-11-9-7-2/h8,10,14-17,20-22,24-25,27-28,30-31,33-34,36-37,39-40,42-43,46,66,70H,6-7,9,11-13,18-19,23,26,29,32,35,38,41,44-45,47-65H2,1-5H3/b10-8-,16-14-,17-15-,22-20-,25-24-,28-27-,31-30-,34-33-,37-36-,40-39-,43-42-,46-21-. The van der Waals surface area contributed by atoms with Crippen LogP contribution in [0.2, 0.25) is 0 Å². The summed E-state index contributed by atoms with van der Waals surface area (Å²) >= 11 is 0. The third-order valence-electron chi connectivity index (χ3n) is 12.6. The Bertz CT molecular complexity index is 1800. The summed E-state index contributed by atoms with van der Waals surface area (Å²) in [5.74, 6) is -2.33. The molecular weight excluding hydrogens is 983 g/mol. The van der Waals surface area contributed by atoms with Gasteiger partial charge in [-0.2, -0.15) is 0 Å². The molecule has 0 aromatic carbocycles. The molecule has 0 aromatic rings. The van der Waals surface area contributed by atoms with Gasteiger partial charge in [0.2, 0.25) is 0 Å². The monoisotopic (exact) mass is 1100 g/mol. The smallest absolute Gasteiger partial charge is 0.306 e. The van der Waals surface area contributed by atoms with E-state index in [1.54, 1.807) is 0 Å². The van der Waals surface area contributed by atoms with E-state index in [4.69, 9.17) is 18.9 Å². The number of carboxylic acid groups (broad SMARTS) is 1. The van der Waals surface area contributed by atoms with Crippen molar-refractivity contribution in [2.75, 3.05) is 47.5 Å². The first-order chi connectivity index (χ1) is 38.6. The highest BCUT2D eigenvalue weighted by atomic mass is 16.7. The lowest BCUT2D eigenvalue weighted by Gasteiger charge is -2.26. The first-order valence-electron chi connectivity index (χ1n) is 31.0. The van der Waals surface area contributed by atoms with E-state index in [-0.39, 0.29) is 38.6 Å². The fraction of sp³-hybridized carbons (Fsp3) is 0.614. The molecule has 2 unspecified atom stereocenters. The number of carbonyl (C=O) groups is 3. The Morgan fingerprint density at radius 3 is 1.08 bits per heavy atom. The van der Waals surface area contributed by atoms with Crippen molar-refractivity contribution in [2.24, 2.45) is 0 Å². The van der Waals surface area contributed by atoms with E-state index in [9.17, 15) is 19.5 Å². The van der Waals surface area contributed by atoms with Gasteiger partial charge in [-0.1, -0.05) is 230 Å². The Kier molecular flexibility index (Phi) is 55.7. The number of rotatable bonds is 55. The van der Waals surface area contributed by atoms with Crippen molar-refractivity contribution in [1.82, 2.24) is 0 Å². The highest BCUT2D eigenvalue weighted by Crippen LogP contribution is 2.14. The van der Waals surface area contributed by atoms with Gasteiger partial charge in [-0.25, -0.2) is 0 Å². The minimum atomic E-state index is -1.64. The molecule has 9 nitrogen and oxygen atoms in total. The second kappa shape index (κ2) is 59.3. The number of quaternary nitrogens is 1. The average molecular weight is 1100 g/mol. The summed E-state index contributed by atoms with van der Waals surface area (Å²) < 4.78 is 22.7. The van der Waals surface area contributed by atoms with E-state index in [1.807, 2.05) is 21.1 Å². The highest BCUT2D eigenvalue weighted by molar-refractivity contribution is 5.70. The first-order valence-corrected chi connectivity index (χ1v) is 31.0. The summed E-state index contributed by atoms with van der Waals surface area (Å²) in [5.41, 5.74) is 0. The molecule has 0 spiro atoms. The number of unbranched alkanes of at least 4 members (excludes halogenated alkanes) is 16. The van der Waals surface area contributed by atoms with Crippen LogP contribution in [0, 0.1) is 0 Å². The first kappa shape index (κ1) is 74.2. The summed E-state index contributed by atoms with van der Waals surface area (Å²) in [4.78, 5) is 37.3. The molecule has 0 amide bonds. The molecule has 446 valence electrons. The van der Waals surface area contributed by atoms with Gasteiger partial charge in [-0.3, -0.25) is 9.59 Å². The second-order valence-corrected chi connectivity index (χ2v) is 21.3. The molecule has 0 heterocycles. The van der Waals surface area contributed by atoms with Crippen molar-refractivity contribution >= 4 is 17.9 Å². The van der Waals surface area contributed by atoms with Crippen molar-refractivity contribution in [3.63, 3.8) is 0 Å². The van der Waals surface area contributed by atoms with E-state index in [0.717, 1.165) is 128 Å². The summed E-state index contributed by atoms with van der Waals surface area (Å²) in [6.07, 6.45) is 83.3. The molecule has 0 N–H and O–H groups in total. The maximum absolute atomic E-state index is 12.9. The zero-order chi connectivity index (χ0) is 57.6. The molecule has 2 atom stereocenters. The van der Waals surface area contributed by atoms with Crippen LogP contribution in [0.4, 0.5) is 0 Å². The maximum Gasteiger partial charge on any atom is 0.306 e. The average Bonchev–Trinajstić information content (AvgIpc) is 3.42. The number of carbonyl (C=O) groups excluding carboxylic acids is 3. The predicted octanol–water partition coefficient (Wildman–Crippen LogP) is 17.5. The largest absolute Gasteiger partial charge is 0.545 e. The molecule has 9 heteroatoms. The number of allylic oxidation sites excluding steroid dienone is 24. The molecule has 0 rings (SSSR count). The molecule has 0 aliphatic heterocycles. The van der Waals surface area contributed by atoms with Crippen LogP contribution in [0.15, 0.2) is 146 Å². The van der Waals surface area contributed by atoms with Crippen molar-refractivity contribution < 1.29 is 42.9 Å². The highest BCUT2D eigenvalue weighted by Gasteiger charge is 2.22. The van der Waals surface area contributed by atoms with E-state index in [2.05, 4.69) is 160 Å². The molecule has 0 saturated heterocycles. The zero-order valence-corrected chi connectivity index (χ0v) is 50.7. The van der Waals surface area contributed by atoms with Crippen molar-refractivity contribution in [3.05, 3.63) is 146 Å². The van der Waals surface area contributed by atoms with Gasteiger partial charge in [-0.15, -0.1) is 0 Å². The van der Waals surface area contributed by atoms with Crippen molar-refractivity contribution in [3.8, 4) is 0 Å². The zero-order valence-electron chi connectivity index (χ0n) is 50.7. The van der Waals surface area contributed by atoms with Gasteiger partial charge in [0.15, 0.2) is 12.4 Å². The van der Waals surface area contributed by atoms with E-state index < -0.39 is 24.3 Å². The van der Waals surface area contributed by atoms with Gasteiger partial charge in [0, 0.05) is 12.8 Å². The van der Waals surface area contributed by atoms with E-state index >= 15 is 0 Å². The lowest BCUT2D eigenvalue weighted by molar-refractivity contribution is -0.870. The molecule has 0 fully saturated rings. The molecule has 0 aliphatic rings. The third-order valence-corrected chi connectivity index (χ3v) is 12.6. The quantitative estimate of drug-likeness (QED) is 0.0195. The molecule has 0 saturated carbocycles.